The first-order valence-corrected chi connectivity index (χ1v) is 3.66. The molecule has 0 amide bonds. The van der Waals surface area contributed by atoms with E-state index in [9.17, 15) is 4.79 Å². The standard InChI is InChI=1S/C8H12N2O/c1-6(2)10-8(5-11)4-7(3)9-10/h4-6H,1-3H3. The summed E-state index contributed by atoms with van der Waals surface area (Å²) in [6.07, 6.45) is 0.833. The topological polar surface area (TPSA) is 34.9 Å². The lowest BCUT2D eigenvalue weighted by Crippen LogP contribution is -2.06. The van der Waals surface area contributed by atoms with Gasteiger partial charge in [-0.25, -0.2) is 0 Å². The fourth-order valence-electron chi connectivity index (χ4n) is 1.04. The molecule has 0 aliphatic heterocycles. The van der Waals surface area contributed by atoms with Gasteiger partial charge in [0.25, 0.3) is 0 Å². The van der Waals surface area contributed by atoms with Crippen molar-refractivity contribution >= 4 is 6.29 Å². The third kappa shape index (κ3) is 1.48. The van der Waals surface area contributed by atoms with Gasteiger partial charge >= 0.3 is 0 Å². The number of hydrogen-bond donors (Lipinski definition) is 0. The predicted molar refractivity (Wildman–Crippen MR) is 42.7 cm³/mol. The second-order valence-corrected chi connectivity index (χ2v) is 2.87. The van der Waals surface area contributed by atoms with E-state index < -0.39 is 0 Å². The first-order valence-electron chi connectivity index (χ1n) is 3.66. The van der Waals surface area contributed by atoms with Crippen molar-refractivity contribution in [1.29, 1.82) is 0 Å². The molecule has 11 heavy (non-hydrogen) atoms. The molecule has 0 spiro atoms. The van der Waals surface area contributed by atoms with Gasteiger partial charge < -0.3 is 0 Å². The number of rotatable bonds is 2. The second kappa shape index (κ2) is 2.86. The SMILES string of the molecule is Cc1cc(C=O)n(C(C)C)n1. The minimum Gasteiger partial charge on any atom is -0.296 e. The van der Waals surface area contributed by atoms with Gasteiger partial charge in [-0.3, -0.25) is 9.48 Å². The molecule has 0 aliphatic rings. The van der Waals surface area contributed by atoms with Crippen LogP contribution in [0.1, 0.15) is 36.1 Å². The first-order chi connectivity index (χ1) is 5.15. The van der Waals surface area contributed by atoms with Crippen LogP contribution >= 0.6 is 0 Å². The highest BCUT2D eigenvalue weighted by Gasteiger charge is 2.05. The number of aldehydes is 1. The molecule has 0 saturated heterocycles. The smallest absolute Gasteiger partial charge is 0.168 e. The Labute approximate surface area is 66.0 Å². The van der Waals surface area contributed by atoms with E-state index in [1.165, 1.54) is 0 Å². The molecular formula is C8H12N2O. The lowest BCUT2D eigenvalue weighted by molar-refractivity contribution is 0.111. The lowest BCUT2D eigenvalue weighted by Gasteiger charge is -2.05. The van der Waals surface area contributed by atoms with E-state index in [-0.39, 0.29) is 6.04 Å². The average molecular weight is 152 g/mol. The van der Waals surface area contributed by atoms with Crippen LogP contribution in [0.5, 0.6) is 0 Å². The Morgan fingerprint density at radius 2 is 2.27 bits per heavy atom. The normalized spacial score (nSPS) is 10.5. The average Bonchev–Trinajstić information content (AvgIpc) is 2.30. The summed E-state index contributed by atoms with van der Waals surface area (Å²) in [5.74, 6) is 0. The van der Waals surface area contributed by atoms with E-state index in [1.807, 2.05) is 20.8 Å². The zero-order valence-electron chi connectivity index (χ0n) is 7.03. The summed E-state index contributed by atoms with van der Waals surface area (Å²) in [6.45, 7) is 5.88. The largest absolute Gasteiger partial charge is 0.296 e. The third-order valence-corrected chi connectivity index (χ3v) is 1.50. The van der Waals surface area contributed by atoms with Gasteiger partial charge in [-0.05, 0) is 26.8 Å². The van der Waals surface area contributed by atoms with Crippen molar-refractivity contribution in [2.45, 2.75) is 26.8 Å². The van der Waals surface area contributed by atoms with Gasteiger partial charge in [-0.15, -0.1) is 0 Å². The Balaban J connectivity index is 3.11. The molecule has 0 aromatic carbocycles. The van der Waals surface area contributed by atoms with Gasteiger partial charge in [0.1, 0.15) is 5.69 Å². The molecule has 60 valence electrons. The molecule has 0 N–H and O–H groups in total. The highest BCUT2D eigenvalue weighted by atomic mass is 16.1. The number of aryl methyl sites for hydroxylation is 1. The zero-order valence-corrected chi connectivity index (χ0v) is 7.03. The maximum absolute atomic E-state index is 10.5. The van der Waals surface area contributed by atoms with Crippen LogP contribution in [0.3, 0.4) is 0 Å². The van der Waals surface area contributed by atoms with Crippen LogP contribution in [0.2, 0.25) is 0 Å². The van der Waals surface area contributed by atoms with E-state index >= 15 is 0 Å². The van der Waals surface area contributed by atoms with Crippen LogP contribution in [0, 0.1) is 6.92 Å². The molecule has 1 heterocycles. The highest BCUT2D eigenvalue weighted by Crippen LogP contribution is 2.08. The number of carbonyl (C=O) groups is 1. The van der Waals surface area contributed by atoms with Gasteiger partial charge in [-0.2, -0.15) is 5.10 Å². The molecule has 3 heteroatoms. The Bertz CT molecular complexity index is 263. The number of carbonyl (C=O) groups excluding carboxylic acids is 1. The van der Waals surface area contributed by atoms with Crippen LogP contribution in [-0.4, -0.2) is 16.1 Å². The Morgan fingerprint density at radius 1 is 1.64 bits per heavy atom. The molecular weight excluding hydrogens is 140 g/mol. The van der Waals surface area contributed by atoms with Crippen LogP contribution in [0.15, 0.2) is 6.07 Å². The Kier molecular flexibility index (Phi) is 2.08. The molecule has 0 saturated carbocycles. The fourth-order valence-corrected chi connectivity index (χ4v) is 1.04. The maximum atomic E-state index is 10.5. The van der Waals surface area contributed by atoms with Crippen molar-refractivity contribution in [2.24, 2.45) is 0 Å². The predicted octanol–water partition coefficient (Wildman–Crippen LogP) is 1.58. The van der Waals surface area contributed by atoms with Crippen molar-refractivity contribution in [3.63, 3.8) is 0 Å². The summed E-state index contributed by atoms with van der Waals surface area (Å²) in [5, 5.41) is 4.17. The third-order valence-electron chi connectivity index (χ3n) is 1.50. The number of hydrogen-bond acceptors (Lipinski definition) is 2. The van der Waals surface area contributed by atoms with Crippen LogP contribution in [0.25, 0.3) is 0 Å². The molecule has 0 unspecified atom stereocenters. The number of aromatic nitrogens is 2. The van der Waals surface area contributed by atoms with E-state index in [1.54, 1.807) is 10.7 Å². The van der Waals surface area contributed by atoms with Crippen LogP contribution in [0.4, 0.5) is 0 Å². The van der Waals surface area contributed by atoms with E-state index in [2.05, 4.69) is 5.10 Å². The van der Waals surface area contributed by atoms with Gasteiger partial charge in [0.15, 0.2) is 6.29 Å². The fraction of sp³-hybridized carbons (Fsp3) is 0.500. The molecule has 1 aromatic rings. The molecule has 0 radical (unpaired) electrons. The van der Waals surface area contributed by atoms with E-state index in [0.717, 1.165) is 12.0 Å². The summed E-state index contributed by atoms with van der Waals surface area (Å²) in [6, 6.07) is 2.04. The summed E-state index contributed by atoms with van der Waals surface area (Å²) < 4.78 is 1.72. The van der Waals surface area contributed by atoms with Crippen molar-refractivity contribution in [3.8, 4) is 0 Å². The monoisotopic (exact) mass is 152 g/mol. The molecule has 1 rings (SSSR count). The Hall–Kier alpha value is -1.12. The minimum atomic E-state index is 0.254. The molecule has 0 aliphatic carbocycles. The van der Waals surface area contributed by atoms with Gasteiger partial charge in [0.2, 0.25) is 0 Å². The van der Waals surface area contributed by atoms with Gasteiger partial charge in [0, 0.05) is 6.04 Å². The second-order valence-electron chi connectivity index (χ2n) is 2.87. The quantitative estimate of drug-likeness (QED) is 0.603. The van der Waals surface area contributed by atoms with Gasteiger partial charge in [0.05, 0.1) is 5.69 Å². The summed E-state index contributed by atoms with van der Waals surface area (Å²) in [5.41, 5.74) is 1.54. The summed E-state index contributed by atoms with van der Waals surface area (Å²) in [4.78, 5) is 10.5. The zero-order chi connectivity index (χ0) is 8.43. The lowest BCUT2D eigenvalue weighted by atomic mass is 10.3. The van der Waals surface area contributed by atoms with E-state index in [0.29, 0.717) is 5.69 Å². The Morgan fingerprint density at radius 3 is 2.64 bits per heavy atom. The first kappa shape index (κ1) is 7.98. The van der Waals surface area contributed by atoms with Crippen molar-refractivity contribution in [1.82, 2.24) is 9.78 Å². The van der Waals surface area contributed by atoms with Crippen LogP contribution in [-0.2, 0) is 0 Å². The molecule has 0 fully saturated rings. The van der Waals surface area contributed by atoms with Crippen molar-refractivity contribution < 1.29 is 4.79 Å². The van der Waals surface area contributed by atoms with E-state index in [4.69, 9.17) is 0 Å². The van der Waals surface area contributed by atoms with Crippen molar-refractivity contribution in [3.05, 3.63) is 17.5 Å². The summed E-state index contributed by atoms with van der Waals surface area (Å²) in [7, 11) is 0. The highest BCUT2D eigenvalue weighted by molar-refractivity contribution is 5.72. The molecule has 0 bridgehead atoms. The van der Waals surface area contributed by atoms with Crippen LogP contribution < -0.4 is 0 Å². The molecule has 0 atom stereocenters. The molecule has 1 aromatic heterocycles. The van der Waals surface area contributed by atoms with Crippen molar-refractivity contribution in [2.75, 3.05) is 0 Å². The summed E-state index contributed by atoms with van der Waals surface area (Å²) >= 11 is 0. The van der Waals surface area contributed by atoms with Gasteiger partial charge in [-0.1, -0.05) is 0 Å². The maximum Gasteiger partial charge on any atom is 0.168 e. The minimum absolute atomic E-state index is 0.254. The molecule has 3 nitrogen and oxygen atoms in total. The number of nitrogens with zero attached hydrogens (tertiary/aromatic N) is 2.